The molecule has 0 N–H and O–H groups in total. The first-order valence-electron chi connectivity index (χ1n) is 5.40. The molecule has 1 aromatic carbocycles. The summed E-state index contributed by atoms with van der Waals surface area (Å²) < 4.78 is 2.51. The molecule has 2 rings (SSSR count). The topological polar surface area (TPSA) is 58.7 Å². The molecule has 18 heavy (non-hydrogen) atoms. The van der Waals surface area contributed by atoms with Crippen molar-refractivity contribution in [2.75, 3.05) is 0 Å². The Balaban J connectivity index is 2.44. The molecule has 0 aliphatic rings. The Kier molecular flexibility index (Phi) is 3.90. The third-order valence-electron chi connectivity index (χ3n) is 2.50. The van der Waals surface area contributed by atoms with Crippen molar-refractivity contribution in [3.63, 3.8) is 0 Å². The van der Waals surface area contributed by atoms with E-state index in [4.69, 9.17) is 5.26 Å². The molecule has 0 bridgehead atoms. The first kappa shape index (κ1) is 12.5. The molecule has 0 amide bonds. The lowest BCUT2D eigenvalue weighted by Gasteiger charge is -2.01. The van der Waals surface area contributed by atoms with E-state index in [1.54, 1.807) is 10.9 Å². The molecule has 2 aromatic rings. The van der Waals surface area contributed by atoms with Crippen molar-refractivity contribution >= 4 is 22.2 Å². The lowest BCUT2D eigenvalue weighted by molar-refractivity contribution is 0.112. The highest BCUT2D eigenvalue weighted by Gasteiger charge is 2.12. The summed E-state index contributed by atoms with van der Waals surface area (Å²) in [7, 11) is 0. The predicted octanol–water partition coefficient (Wildman–Crippen LogP) is 3.04. The fraction of sp³-hybridized carbons (Fsp3) is 0.154. The van der Waals surface area contributed by atoms with Gasteiger partial charge in [0.2, 0.25) is 0 Å². The molecule has 1 aromatic heterocycles. The summed E-state index contributed by atoms with van der Waals surface area (Å²) in [6.45, 7) is 0.488. The molecule has 1 heterocycles. The largest absolute Gasteiger partial charge is 0.298 e. The quantitative estimate of drug-likeness (QED) is 0.816. The fourth-order valence-corrected chi connectivity index (χ4v) is 2.14. The minimum atomic E-state index is 0.370. The monoisotopic (exact) mass is 303 g/mol. The van der Waals surface area contributed by atoms with E-state index in [9.17, 15) is 4.79 Å². The normalized spacial score (nSPS) is 10.0. The van der Waals surface area contributed by atoms with E-state index in [0.29, 0.717) is 24.2 Å². The molecule has 0 aliphatic heterocycles. The number of nitriles is 1. The smallest absolute Gasteiger partial charge is 0.153 e. The molecule has 0 fully saturated rings. The minimum Gasteiger partial charge on any atom is -0.298 e. The van der Waals surface area contributed by atoms with Crippen LogP contribution in [0, 0.1) is 11.3 Å². The molecule has 90 valence electrons. The third kappa shape index (κ3) is 2.49. The number of rotatable bonds is 4. The molecule has 0 saturated heterocycles. The Bertz CT molecular complexity index is 613. The van der Waals surface area contributed by atoms with Crippen molar-refractivity contribution in [2.45, 2.75) is 13.0 Å². The van der Waals surface area contributed by atoms with Crippen LogP contribution in [-0.4, -0.2) is 16.1 Å². The SMILES string of the molecule is N#CCCn1cc(C=O)c(-c2ccccc2Br)n1. The number of benzene rings is 1. The van der Waals surface area contributed by atoms with Gasteiger partial charge in [0.25, 0.3) is 0 Å². The van der Waals surface area contributed by atoms with E-state index >= 15 is 0 Å². The van der Waals surface area contributed by atoms with Gasteiger partial charge in [-0.05, 0) is 6.07 Å². The van der Waals surface area contributed by atoms with Crippen LogP contribution in [0.5, 0.6) is 0 Å². The molecular formula is C13H10BrN3O. The molecule has 0 atom stereocenters. The number of halogens is 1. The summed E-state index contributed by atoms with van der Waals surface area (Å²) in [6.07, 6.45) is 2.82. The molecule has 5 heteroatoms. The predicted molar refractivity (Wildman–Crippen MR) is 71.0 cm³/mol. The second-order valence-electron chi connectivity index (χ2n) is 3.70. The molecular weight excluding hydrogens is 294 g/mol. The van der Waals surface area contributed by atoms with Gasteiger partial charge < -0.3 is 0 Å². The van der Waals surface area contributed by atoms with Crippen LogP contribution in [0.15, 0.2) is 34.9 Å². The van der Waals surface area contributed by atoms with Crippen LogP contribution in [0.2, 0.25) is 0 Å². The summed E-state index contributed by atoms with van der Waals surface area (Å²) in [5.74, 6) is 0. The van der Waals surface area contributed by atoms with Crippen molar-refractivity contribution in [2.24, 2.45) is 0 Å². The van der Waals surface area contributed by atoms with Gasteiger partial charge in [0, 0.05) is 16.2 Å². The van der Waals surface area contributed by atoms with Crippen LogP contribution in [-0.2, 0) is 6.54 Å². The number of carbonyl (C=O) groups excluding carboxylic acids is 1. The first-order chi connectivity index (χ1) is 8.76. The zero-order valence-corrected chi connectivity index (χ0v) is 11.1. The van der Waals surface area contributed by atoms with Crippen LogP contribution in [0.1, 0.15) is 16.8 Å². The Morgan fingerprint density at radius 3 is 2.89 bits per heavy atom. The zero-order valence-electron chi connectivity index (χ0n) is 9.51. The van der Waals surface area contributed by atoms with Crippen molar-refractivity contribution in [1.82, 2.24) is 9.78 Å². The van der Waals surface area contributed by atoms with E-state index < -0.39 is 0 Å². The number of carbonyl (C=O) groups is 1. The van der Waals surface area contributed by atoms with Crippen molar-refractivity contribution in [3.05, 3.63) is 40.5 Å². The van der Waals surface area contributed by atoms with Gasteiger partial charge in [0.05, 0.1) is 24.6 Å². The van der Waals surface area contributed by atoms with Gasteiger partial charge in [-0.25, -0.2) is 0 Å². The van der Waals surface area contributed by atoms with Gasteiger partial charge in [0.15, 0.2) is 6.29 Å². The van der Waals surface area contributed by atoms with E-state index in [-0.39, 0.29) is 0 Å². The summed E-state index contributed by atoms with van der Waals surface area (Å²) in [4.78, 5) is 11.1. The van der Waals surface area contributed by atoms with Gasteiger partial charge in [-0.15, -0.1) is 0 Å². The molecule has 0 spiro atoms. The van der Waals surface area contributed by atoms with Gasteiger partial charge in [-0.3, -0.25) is 9.48 Å². The van der Waals surface area contributed by atoms with Crippen LogP contribution in [0.3, 0.4) is 0 Å². The minimum absolute atomic E-state index is 0.370. The first-order valence-corrected chi connectivity index (χ1v) is 6.20. The van der Waals surface area contributed by atoms with Gasteiger partial charge in [-0.2, -0.15) is 10.4 Å². The highest BCUT2D eigenvalue weighted by Crippen LogP contribution is 2.28. The summed E-state index contributed by atoms with van der Waals surface area (Å²) >= 11 is 3.44. The molecule has 0 aliphatic carbocycles. The maximum atomic E-state index is 11.1. The fourth-order valence-electron chi connectivity index (χ4n) is 1.66. The third-order valence-corrected chi connectivity index (χ3v) is 3.19. The van der Waals surface area contributed by atoms with Gasteiger partial charge in [-0.1, -0.05) is 34.1 Å². The van der Waals surface area contributed by atoms with Crippen molar-refractivity contribution in [1.29, 1.82) is 5.26 Å². The second kappa shape index (κ2) is 5.61. The Morgan fingerprint density at radius 2 is 2.22 bits per heavy atom. The highest BCUT2D eigenvalue weighted by atomic mass is 79.9. The maximum Gasteiger partial charge on any atom is 0.153 e. The number of aromatic nitrogens is 2. The standard InChI is InChI=1S/C13H10BrN3O/c14-12-5-2-1-4-11(12)13-10(9-18)8-17(16-13)7-3-6-15/h1-2,4-5,8-9H,3,7H2. The zero-order chi connectivity index (χ0) is 13.0. The van der Waals surface area contributed by atoms with E-state index in [1.807, 2.05) is 24.3 Å². The second-order valence-corrected chi connectivity index (χ2v) is 4.56. The average Bonchev–Trinajstić information content (AvgIpc) is 2.80. The van der Waals surface area contributed by atoms with E-state index in [1.165, 1.54) is 0 Å². The summed E-state index contributed by atoms with van der Waals surface area (Å²) in [6, 6.07) is 9.65. The van der Waals surface area contributed by atoms with Crippen LogP contribution < -0.4 is 0 Å². The lowest BCUT2D eigenvalue weighted by Crippen LogP contribution is -1.97. The van der Waals surface area contributed by atoms with Crippen LogP contribution >= 0.6 is 15.9 Å². The lowest BCUT2D eigenvalue weighted by atomic mass is 10.1. The Labute approximate surface area is 113 Å². The molecule has 4 nitrogen and oxygen atoms in total. The van der Waals surface area contributed by atoms with Crippen molar-refractivity contribution in [3.8, 4) is 17.3 Å². The van der Waals surface area contributed by atoms with Crippen LogP contribution in [0.25, 0.3) is 11.3 Å². The van der Waals surface area contributed by atoms with E-state index in [0.717, 1.165) is 16.3 Å². The van der Waals surface area contributed by atoms with E-state index in [2.05, 4.69) is 27.1 Å². The van der Waals surface area contributed by atoms with Gasteiger partial charge in [0.1, 0.15) is 5.69 Å². The highest BCUT2D eigenvalue weighted by molar-refractivity contribution is 9.10. The number of hydrogen-bond donors (Lipinski definition) is 0. The number of aldehydes is 1. The van der Waals surface area contributed by atoms with Crippen molar-refractivity contribution < 1.29 is 4.79 Å². The number of nitrogens with zero attached hydrogens (tertiary/aromatic N) is 3. The molecule has 0 radical (unpaired) electrons. The Hall–Kier alpha value is -1.93. The van der Waals surface area contributed by atoms with Crippen LogP contribution in [0.4, 0.5) is 0 Å². The average molecular weight is 304 g/mol. The molecule has 0 unspecified atom stereocenters. The summed E-state index contributed by atoms with van der Waals surface area (Å²) in [5, 5.41) is 12.9. The summed E-state index contributed by atoms with van der Waals surface area (Å²) in [5.41, 5.74) is 2.03. The Morgan fingerprint density at radius 1 is 1.44 bits per heavy atom. The number of hydrogen-bond acceptors (Lipinski definition) is 3. The maximum absolute atomic E-state index is 11.1. The molecule has 0 saturated carbocycles. The van der Waals surface area contributed by atoms with Gasteiger partial charge >= 0.3 is 0 Å². The number of aryl methyl sites for hydroxylation is 1.